The second kappa shape index (κ2) is 11.2. The SMILES string of the molecule is CC(=O)NC(CCc1ccc(B2OCC(C)(C)CO2)cc1Cl)(COC(C)=O)COC(C)=O. The molecular weight excluding hydrogens is 437 g/mol. The standard InChI is InChI=1S/C22H31BClNO7/c1-15(26)25-22(13-29-16(2)27,14-30-17(3)28)9-8-18-6-7-19(10-20(18)24)23-31-11-21(4,5)12-32-23/h6-7,10H,8-9,11-14H2,1-5H3,(H,25,26). The number of nitrogens with one attached hydrogen (secondary N) is 1. The van der Waals surface area contributed by atoms with E-state index in [1.807, 2.05) is 12.1 Å². The molecule has 0 aliphatic carbocycles. The lowest BCUT2D eigenvalue weighted by atomic mass is 9.75. The number of hydrogen-bond acceptors (Lipinski definition) is 7. The fourth-order valence-electron chi connectivity index (χ4n) is 3.35. The minimum atomic E-state index is -1.08. The number of esters is 2. The molecule has 0 aromatic heterocycles. The lowest BCUT2D eigenvalue weighted by molar-refractivity contribution is -0.150. The smallest absolute Gasteiger partial charge is 0.463 e. The van der Waals surface area contributed by atoms with Crippen molar-refractivity contribution in [2.75, 3.05) is 26.4 Å². The molecule has 0 atom stereocenters. The van der Waals surface area contributed by atoms with E-state index in [0.29, 0.717) is 31.1 Å². The predicted octanol–water partition coefficient (Wildman–Crippen LogP) is 2.04. The Kier molecular flexibility index (Phi) is 9.12. The molecule has 1 heterocycles. The molecule has 2 rings (SSSR count). The Hall–Kier alpha value is -2.10. The van der Waals surface area contributed by atoms with Gasteiger partial charge in [0.2, 0.25) is 5.91 Å². The van der Waals surface area contributed by atoms with E-state index >= 15 is 0 Å². The zero-order valence-electron chi connectivity index (χ0n) is 19.3. The highest BCUT2D eigenvalue weighted by Gasteiger charge is 2.35. The first-order valence-electron chi connectivity index (χ1n) is 10.5. The molecule has 0 radical (unpaired) electrons. The van der Waals surface area contributed by atoms with Gasteiger partial charge in [0.25, 0.3) is 0 Å². The number of ether oxygens (including phenoxy) is 2. The average molecular weight is 468 g/mol. The van der Waals surface area contributed by atoms with E-state index in [2.05, 4.69) is 19.2 Å². The highest BCUT2D eigenvalue weighted by atomic mass is 35.5. The Labute approximate surface area is 194 Å². The van der Waals surface area contributed by atoms with Crippen molar-refractivity contribution < 1.29 is 33.2 Å². The quantitative estimate of drug-likeness (QED) is 0.438. The molecular formula is C22H31BClNO7. The van der Waals surface area contributed by atoms with Gasteiger partial charge in [0.05, 0.1) is 0 Å². The largest absolute Gasteiger partial charge is 0.493 e. The predicted molar refractivity (Wildman–Crippen MR) is 121 cm³/mol. The fraction of sp³-hybridized carbons (Fsp3) is 0.591. The van der Waals surface area contributed by atoms with E-state index in [1.165, 1.54) is 20.8 Å². The summed E-state index contributed by atoms with van der Waals surface area (Å²) in [5.41, 5.74) is 0.540. The number of aryl methyl sites for hydroxylation is 1. The van der Waals surface area contributed by atoms with Crippen molar-refractivity contribution >= 4 is 42.0 Å². The lowest BCUT2D eigenvalue weighted by Crippen LogP contribution is -2.55. The van der Waals surface area contributed by atoms with Crippen molar-refractivity contribution in [3.63, 3.8) is 0 Å². The molecule has 32 heavy (non-hydrogen) atoms. The van der Waals surface area contributed by atoms with Gasteiger partial charge in [-0.15, -0.1) is 0 Å². The summed E-state index contributed by atoms with van der Waals surface area (Å²) in [6.45, 7) is 8.95. The molecule has 1 amide bonds. The summed E-state index contributed by atoms with van der Waals surface area (Å²) in [4.78, 5) is 34.6. The minimum absolute atomic E-state index is 0.0306. The van der Waals surface area contributed by atoms with Crippen molar-refractivity contribution in [1.29, 1.82) is 0 Å². The average Bonchev–Trinajstić information content (AvgIpc) is 2.69. The number of benzene rings is 1. The number of halogens is 1. The summed E-state index contributed by atoms with van der Waals surface area (Å²) in [5, 5.41) is 3.31. The second-order valence-corrected chi connectivity index (χ2v) is 9.40. The number of amides is 1. The molecule has 1 aliphatic heterocycles. The first-order valence-corrected chi connectivity index (χ1v) is 10.9. The van der Waals surface area contributed by atoms with E-state index in [9.17, 15) is 14.4 Å². The molecule has 1 fully saturated rings. The van der Waals surface area contributed by atoms with Crippen LogP contribution in [0.15, 0.2) is 18.2 Å². The summed E-state index contributed by atoms with van der Waals surface area (Å²) in [7, 11) is -0.471. The number of carbonyl (C=O) groups is 3. The molecule has 1 aromatic rings. The van der Waals surface area contributed by atoms with Crippen molar-refractivity contribution in [3.8, 4) is 0 Å². The van der Waals surface area contributed by atoms with Crippen LogP contribution in [0.25, 0.3) is 0 Å². The maximum absolute atomic E-state index is 11.8. The van der Waals surface area contributed by atoms with Crippen LogP contribution in [0.5, 0.6) is 0 Å². The first-order chi connectivity index (χ1) is 14.9. The minimum Gasteiger partial charge on any atom is -0.463 e. The highest BCUT2D eigenvalue weighted by molar-refractivity contribution is 6.61. The van der Waals surface area contributed by atoms with Crippen LogP contribution >= 0.6 is 11.6 Å². The molecule has 0 saturated carbocycles. The van der Waals surface area contributed by atoms with E-state index in [0.717, 1.165) is 11.0 Å². The third-order valence-electron chi connectivity index (χ3n) is 5.02. The van der Waals surface area contributed by atoms with Crippen LogP contribution in [0.1, 0.15) is 46.6 Å². The van der Waals surface area contributed by atoms with Crippen LogP contribution in [-0.2, 0) is 39.6 Å². The van der Waals surface area contributed by atoms with Crippen LogP contribution in [0.3, 0.4) is 0 Å². The molecule has 8 nitrogen and oxygen atoms in total. The summed E-state index contributed by atoms with van der Waals surface area (Å²) in [6.07, 6.45) is 0.776. The molecule has 176 valence electrons. The number of rotatable bonds is 9. The van der Waals surface area contributed by atoms with Crippen LogP contribution < -0.4 is 10.8 Å². The van der Waals surface area contributed by atoms with Gasteiger partial charge in [0, 0.05) is 44.4 Å². The maximum Gasteiger partial charge on any atom is 0.493 e. The van der Waals surface area contributed by atoms with E-state index in [1.54, 1.807) is 6.07 Å². The molecule has 1 N–H and O–H groups in total. The lowest BCUT2D eigenvalue weighted by Gasteiger charge is -2.34. The van der Waals surface area contributed by atoms with Crippen LogP contribution in [-0.4, -0.2) is 56.9 Å². The van der Waals surface area contributed by atoms with Crippen LogP contribution in [0, 0.1) is 5.41 Å². The molecule has 10 heteroatoms. The van der Waals surface area contributed by atoms with Crippen molar-refractivity contribution in [2.24, 2.45) is 5.41 Å². The van der Waals surface area contributed by atoms with E-state index in [-0.39, 0.29) is 24.5 Å². The Balaban J connectivity index is 2.15. The molecule has 1 aliphatic rings. The number of hydrogen-bond donors (Lipinski definition) is 1. The van der Waals surface area contributed by atoms with Gasteiger partial charge in [0.1, 0.15) is 18.8 Å². The Bertz CT molecular complexity index is 818. The molecule has 1 aromatic carbocycles. The van der Waals surface area contributed by atoms with Gasteiger partial charge in [0.15, 0.2) is 0 Å². The molecule has 0 unspecified atom stereocenters. The summed E-state index contributed by atoms with van der Waals surface area (Å²) in [5.74, 6) is -1.33. The molecule has 0 spiro atoms. The first kappa shape index (κ1) is 26.2. The van der Waals surface area contributed by atoms with E-state index < -0.39 is 24.6 Å². The fourth-order valence-corrected chi connectivity index (χ4v) is 3.63. The normalized spacial score (nSPS) is 15.8. The summed E-state index contributed by atoms with van der Waals surface area (Å²) in [6, 6.07) is 5.57. The van der Waals surface area contributed by atoms with Gasteiger partial charge in [-0.05, 0) is 29.9 Å². The summed E-state index contributed by atoms with van der Waals surface area (Å²) >= 11 is 6.53. The van der Waals surface area contributed by atoms with Gasteiger partial charge < -0.3 is 24.1 Å². The molecule has 0 bridgehead atoms. The van der Waals surface area contributed by atoms with Crippen molar-refractivity contribution in [1.82, 2.24) is 5.32 Å². The monoisotopic (exact) mass is 467 g/mol. The topological polar surface area (TPSA) is 100 Å². The number of carbonyl (C=O) groups excluding carboxylic acids is 3. The third-order valence-corrected chi connectivity index (χ3v) is 5.37. The Morgan fingerprint density at radius 3 is 2.12 bits per heavy atom. The van der Waals surface area contributed by atoms with Gasteiger partial charge in [-0.2, -0.15) is 0 Å². The van der Waals surface area contributed by atoms with Gasteiger partial charge in [-0.25, -0.2) is 0 Å². The zero-order valence-corrected chi connectivity index (χ0v) is 20.0. The zero-order chi connectivity index (χ0) is 23.9. The highest BCUT2D eigenvalue weighted by Crippen LogP contribution is 2.24. The summed E-state index contributed by atoms with van der Waals surface area (Å²) < 4.78 is 22.0. The van der Waals surface area contributed by atoms with Gasteiger partial charge in [-0.1, -0.05) is 37.6 Å². The Morgan fingerprint density at radius 2 is 1.66 bits per heavy atom. The van der Waals surface area contributed by atoms with Crippen molar-refractivity contribution in [3.05, 3.63) is 28.8 Å². The molecule has 1 saturated heterocycles. The van der Waals surface area contributed by atoms with Crippen molar-refractivity contribution in [2.45, 2.75) is 53.0 Å². The van der Waals surface area contributed by atoms with Crippen LogP contribution in [0.2, 0.25) is 5.02 Å². The maximum atomic E-state index is 11.8. The third kappa shape index (κ3) is 8.11. The van der Waals surface area contributed by atoms with Gasteiger partial charge >= 0.3 is 19.1 Å². The van der Waals surface area contributed by atoms with Gasteiger partial charge in [-0.3, -0.25) is 14.4 Å². The Morgan fingerprint density at radius 1 is 1.09 bits per heavy atom. The van der Waals surface area contributed by atoms with E-state index in [4.69, 9.17) is 30.4 Å². The second-order valence-electron chi connectivity index (χ2n) is 8.99. The van der Waals surface area contributed by atoms with Crippen LogP contribution in [0.4, 0.5) is 0 Å².